The van der Waals surface area contributed by atoms with E-state index in [-0.39, 0.29) is 30.4 Å². The van der Waals surface area contributed by atoms with Crippen molar-refractivity contribution in [3.05, 3.63) is 0 Å². The quantitative estimate of drug-likeness (QED) is 0.570. The number of nitrogens with one attached hydrogen (secondary N) is 1. The summed E-state index contributed by atoms with van der Waals surface area (Å²) in [4.78, 5) is 25.9. The molecule has 0 spiro atoms. The predicted octanol–water partition coefficient (Wildman–Crippen LogP) is -0.149. The van der Waals surface area contributed by atoms with E-state index in [9.17, 15) is 9.59 Å². The van der Waals surface area contributed by atoms with Crippen molar-refractivity contribution < 1.29 is 14.7 Å². The zero-order chi connectivity index (χ0) is 15.2. The van der Waals surface area contributed by atoms with Gasteiger partial charge in [-0.25, -0.2) is 0 Å². The molecule has 2 fully saturated rings. The van der Waals surface area contributed by atoms with Crippen LogP contribution in [0.3, 0.4) is 0 Å². The molecule has 1 heterocycles. The van der Waals surface area contributed by atoms with Gasteiger partial charge in [0.15, 0.2) is 0 Å². The molecule has 1 atom stereocenters. The van der Waals surface area contributed by atoms with E-state index in [0.717, 1.165) is 25.7 Å². The van der Waals surface area contributed by atoms with Crippen molar-refractivity contribution in [2.75, 3.05) is 26.2 Å². The first-order valence-corrected chi connectivity index (χ1v) is 8.03. The highest BCUT2D eigenvalue weighted by Crippen LogP contribution is 2.33. The first-order chi connectivity index (χ1) is 10.1. The Balaban J connectivity index is 1.67. The van der Waals surface area contributed by atoms with E-state index in [2.05, 4.69) is 5.32 Å². The third-order valence-corrected chi connectivity index (χ3v) is 4.49. The smallest absolute Gasteiger partial charge is 0.224 e. The number of carbonyl (C=O) groups excluding carboxylic acids is 2. The molecule has 1 unspecified atom stereocenters. The first-order valence-electron chi connectivity index (χ1n) is 8.03. The van der Waals surface area contributed by atoms with Gasteiger partial charge < -0.3 is 21.1 Å². The Labute approximate surface area is 126 Å². The molecule has 6 heteroatoms. The Morgan fingerprint density at radius 1 is 1.24 bits per heavy atom. The number of nitrogens with zero attached hydrogens (tertiary/aromatic N) is 1. The van der Waals surface area contributed by atoms with Gasteiger partial charge in [0.2, 0.25) is 11.8 Å². The number of aliphatic hydroxyl groups excluding tert-OH is 1. The number of carbonyl (C=O) groups is 2. The van der Waals surface area contributed by atoms with E-state index in [4.69, 9.17) is 10.8 Å². The average molecular weight is 297 g/mol. The zero-order valence-corrected chi connectivity index (χ0v) is 12.6. The molecule has 2 amide bonds. The van der Waals surface area contributed by atoms with Crippen molar-refractivity contribution in [3.8, 4) is 0 Å². The van der Waals surface area contributed by atoms with Crippen LogP contribution in [0.1, 0.15) is 38.5 Å². The molecule has 1 saturated heterocycles. The van der Waals surface area contributed by atoms with Crippen LogP contribution < -0.4 is 11.1 Å². The number of likely N-dealkylation sites (tertiary alicyclic amines) is 1. The van der Waals surface area contributed by atoms with Gasteiger partial charge in [-0.15, -0.1) is 0 Å². The molecule has 1 aliphatic heterocycles. The second kappa shape index (κ2) is 7.75. The fourth-order valence-electron chi connectivity index (χ4n) is 2.85. The van der Waals surface area contributed by atoms with Crippen LogP contribution in [0.4, 0.5) is 0 Å². The Bertz CT molecular complexity index is 363. The Kier molecular flexibility index (Phi) is 5.99. The Morgan fingerprint density at radius 2 is 1.90 bits per heavy atom. The molecule has 0 radical (unpaired) electrons. The van der Waals surface area contributed by atoms with Crippen molar-refractivity contribution in [3.63, 3.8) is 0 Å². The van der Waals surface area contributed by atoms with Crippen LogP contribution in [0, 0.1) is 11.8 Å². The third kappa shape index (κ3) is 4.97. The van der Waals surface area contributed by atoms with Gasteiger partial charge in [0.1, 0.15) is 0 Å². The van der Waals surface area contributed by atoms with Crippen molar-refractivity contribution in [1.29, 1.82) is 0 Å². The standard InChI is InChI=1S/C15H27N3O3/c16-13(11-2-3-11)10-14(20)18-7-4-12(5-8-18)15(21)17-6-1-9-19/h11-13,19H,1-10,16H2,(H,17,21). The molecule has 1 saturated carbocycles. The van der Waals surface area contributed by atoms with E-state index in [0.29, 0.717) is 38.4 Å². The SMILES string of the molecule is NC(CC(=O)N1CCC(C(=O)NCCCO)CC1)C1CC1. The third-order valence-electron chi connectivity index (χ3n) is 4.49. The minimum atomic E-state index is -0.00940. The van der Waals surface area contributed by atoms with Crippen molar-refractivity contribution in [1.82, 2.24) is 10.2 Å². The summed E-state index contributed by atoms with van der Waals surface area (Å²) >= 11 is 0. The van der Waals surface area contributed by atoms with Crippen LogP contribution in [0.2, 0.25) is 0 Å². The maximum Gasteiger partial charge on any atom is 0.224 e. The first kappa shape index (κ1) is 16.2. The van der Waals surface area contributed by atoms with Crippen LogP contribution in [0.5, 0.6) is 0 Å². The molecule has 0 aromatic heterocycles. The maximum atomic E-state index is 12.1. The monoisotopic (exact) mass is 297 g/mol. The van der Waals surface area contributed by atoms with Gasteiger partial charge in [0, 0.05) is 44.6 Å². The molecule has 120 valence electrons. The van der Waals surface area contributed by atoms with Gasteiger partial charge in [-0.2, -0.15) is 0 Å². The predicted molar refractivity (Wildman–Crippen MR) is 79.3 cm³/mol. The topological polar surface area (TPSA) is 95.7 Å². The molecule has 0 bridgehead atoms. The van der Waals surface area contributed by atoms with Crippen LogP contribution in [0.25, 0.3) is 0 Å². The molecule has 2 aliphatic rings. The molecule has 6 nitrogen and oxygen atoms in total. The molecule has 4 N–H and O–H groups in total. The maximum absolute atomic E-state index is 12.1. The number of amides is 2. The Morgan fingerprint density at radius 3 is 2.48 bits per heavy atom. The molecule has 21 heavy (non-hydrogen) atoms. The number of hydrogen-bond acceptors (Lipinski definition) is 4. The molecule has 2 rings (SSSR count). The number of aliphatic hydroxyl groups is 1. The fourth-order valence-corrected chi connectivity index (χ4v) is 2.85. The summed E-state index contributed by atoms with van der Waals surface area (Å²) in [5.41, 5.74) is 6.00. The molecular weight excluding hydrogens is 270 g/mol. The highest BCUT2D eigenvalue weighted by Gasteiger charge is 2.32. The average Bonchev–Trinajstić information content (AvgIpc) is 3.32. The lowest BCUT2D eigenvalue weighted by Crippen LogP contribution is -2.44. The fraction of sp³-hybridized carbons (Fsp3) is 0.867. The largest absolute Gasteiger partial charge is 0.396 e. The number of piperidine rings is 1. The van der Waals surface area contributed by atoms with Crippen LogP contribution >= 0.6 is 0 Å². The summed E-state index contributed by atoms with van der Waals surface area (Å²) in [6.07, 6.45) is 4.78. The van der Waals surface area contributed by atoms with E-state index in [1.807, 2.05) is 4.90 Å². The van der Waals surface area contributed by atoms with Crippen LogP contribution in [0.15, 0.2) is 0 Å². The second-order valence-corrected chi connectivity index (χ2v) is 6.23. The molecule has 1 aliphatic carbocycles. The van der Waals surface area contributed by atoms with Crippen molar-refractivity contribution >= 4 is 11.8 Å². The van der Waals surface area contributed by atoms with Crippen molar-refractivity contribution in [2.45, 2.75) is 44.6 Å². The molecule has 0 aromatic carbocycles. The van der Waals surface area contributed by atoms with E-state index in [1.54, 1.807) is 0 Å². The van der Waals surface area contributed by atoms with E-state index < -0.39 is 0 Å². The van der Waals surface area contributed by atoms with Gasteiger partial charge in [-0.3, -0.25) is 9.59 Å². The van der Waals surface area contributed by atoms with Crippen LogP contribution in [-0.4, -0.2) is 54.1 Å². The lowest BCUT2D eigenvalue weighted by Gasteiger charge is -2.32. The van der Waals surface area contributed by atoms with Gasteiger partial charge >= 0.3 is 0 Å². The van der Waals surface area contributed by atoms with E-state index in [1.165, 1.54) is 0 Å². The van der Waals surface area contributed by atoms with Crippen LogP contribution in [-0.2, 0) is 9.59 Å². The summed E-state index contributed by atoms with van der Waals surface area (Å²) in [5.74, 6) is 0.715. The lowest BCUT2D eigenvalue weighted by molar-refractivity contribution is -0.136. The summed E-state index contributed by atoms with van der Waals surface area (Å²) in [6, 6.07) is 0.0111. The summed E-state index contributed by atoms with van der Waals surface area (Å²) < 4.78 is 0. The summed E-state index contributed by atoms with van der Waals surface area (Å²) in [6.45, 7) is 1.90. The second-order valence-electron chi connectivity index (χ2n) is 6.23. The van der Waals surface area contributed by atoms with Gasteiger partial charge in [-0.05, 0) is 38.0 Å². The number of hydrogen-bond donors (Lipinski definition) is 3. The van der Waals surface area contributed by atoms with Gasteiger partial charge in [0.05, 0.1) is 0 Å². The van der Waals surface area contributed by atoms with Crippen molar-refractivity contribution in [2.24, 2.45) is 17.6 Å². The minimum Gasteiger partial charge on any atom is -0.396 e. The van der Waals surface area contributed by atoms with Gasteiger partial charge in [-0.1, -0.05) is 0 Å². The Hall–Kier alpha value is -1.14. The minimum absolute atomic E-state index is 0.00940. The highest BCUT2D eigenvalue weighted by molar-refractivity contribution is 5.80. The normalized spacial score (nSPS) is 21.1. The zero-order valence-electron chi connectivity index (χ0n) is 12.6. The van der Waals surface area contributed by atoms with E-state index >= 15 is 0 Å². The number of nitrogens with two attached hydrogens (primary N) is 1. The summed E-state index contributed by atoms with van der Waals surface area (Å²) in [7, 11) is 0. The lowest BCUT2D eigenvalue weighted by atomic mass is 9.95. The molecular formula is C15H27N3O3. The molecule has 0 aromatic rings. The summed E-state index contributed by atoms with van der Waals surface area (Å²) in [5, 5.41) is 11.5. The number of rotatable bonds is 7. The highest BCUT2D eigenvalue weighted by atomic mass is 16.3. The van der Waals surface area contributed by atoms with Gasteiger partial charge in [0.25, 0.3) is 0 Å².